The van der Waals surface area contributed by atoms with E-state index in [9.17, 15) is 14.4 Å². The first-order valence-electron chi connectivity index (χ1n) is 8.23. The normalized spacial score (nSPS) is 10.2. The highest BCUT2D eigenvalue weighted by atomic mass is 35.5. The zero-order valence-electron chi connectivity index (χ0n) is 15.6. The number of primary amides is 1. The van der Waals surface area contributed by atoms with Crippen LogP contribution >= 0.6 is 23.2 Å². The summed E-state index contributed by atoms with van der Waals surface area (Å²) in [6, 6.07) is 7.59. The molecule has 0 heterocycles. The van der Waals surface area contributed by atoms with Crippen molar-refractivity contribution in [1.82, 2.24) is 0 Å². The van der Waals surface area contributed by atoms with Crippen LogP contribution < -0.4 is 20.5 Å². The van der Waals surface area contributed by atoms with E-state index < -0.39 is 31.0 Å². The molecule has 154 valence electrons. The fourth-order valence-corrected chi connectivity index (χ4v) is 2.65. The fraction of sp³-hybridized carbons (Fsp3) is 0.211. The number of anilines is 1. The van der Waals surface area contributed by atoms with E-state index in [1.807, 2.05) is 6.92 Å². The summed E-state index contributed by atoms with van der Waals surface area (Å²) in [6.45, 7) is 0.895. The van der Waals surface area contributed by atoms with E-state index in [4.69, 9.17) is 43.1 Å². The van der Waals surface area contributed by atoms with Gasteiger partial charge in [-0.15, -0.1) is 0 Å². The van der Waals surface area contributed by atoms with Crippen molar-refractivity contribution < 1.29 is 28.6 Å². The van der Waals surface area contributed by atoms with Crippen molar-refractivity contribution in [2.45, 2.75) is 6.92 Å². The molecule has 0 aliphatic rings. The minimum atomic E-state index is -0.802. The minimum absolute atomic E-state index is 0.0105. The number of methoxy groups -OCH3 is 1. The molecule has 0 aliphatic heterocycles. The monoisotopic (exact) mass is 440 g/mol. The van der Waals surface area contributed by atoms with Gasteiger partial charge in [-0.05, 0) is 36.8 Å². The number of hydrogen-bond acceptors (Lipinski definition) is 6. The number of amides is 2. The topological polar surface area (TPSA) is 117 Å². The van der Waals surface area contributed by atoms with Gasteiger partial charge in [0.05, 0.1) is 17.7 Å². The summed E-state index contributed by atoms with van der Waals surface area (Å²) in [4.78, 5) is 35.1. The quantitative estimate of drug-likeness (QED) is 0.609. The Morgan fingerprint density at radius 2 is 1.79 bits per heavy atom. The number of benzene rings is 2. The Bertz CT molecular complexity index is 949. The van der Waals surface area contributed by atoms with E-state index >= 15 is 0 Å². The molecule has 0 spiro atoms. The average molecular weight is 441 g/mol. The maximum atomic E-state index is 12.2. The Morgan fingerprint density at radius 1 is 1.07 bits per heavy atom. The summed E-state index contributed by atoms with van der Waals surface area (Å²) >= 11 is 12.1. The van der Waals surface area contributed by atoms with Gasteiger partial charge in [0.1, 0.15) is 0 Å². The van der Waals surface area contributed by atoms with Crippen LogP contribution in [-0.2, 0) is 14.3 Å². The van der Waals surface area contributed by atoms with Crippen molar-refractivity contribution >= 4 is 46.7 Å². The lowest BCUT2D eigenvalue weighted by Crippen LogP contribution is -2.21. The van der Waals surface area contributed by atoms with Gasteiger partial charge in [0.15, 0.2) is 24.7 Å². The second-order valence-corrected chi connectivity index (χ2v) is 6.65. The number of hydrogen-bond donors (Lipinski definition) is 2. The molecule has 3 N–H and O–H groups in total. The van der Waals surface area contributed by atoms with Crippen LogP contribution in [0.5, 0.6) is 11.5 Å². The molecule has 8 nitrogen and oxygen atoms in total. The number of halogens is 2. The molecule has 10 heteroatoms. The molecule has 2 amide bonds. The third-order valence-electron chi connectivity index (χ3n) is 3.61. The molecule has 0 saturated heterocycles. The molecule has 0 atom stereocenters. The number of carbonyl (C=O) groups excluding carboxylic acids is 3. The highest BCUT2D eigenvalue weighted by Crippen LogP contribution is 2.36. The number of ether oxygens (including phenoxy) is 3. The SMILES string of the molecule is COc1cc(C(=O)OCC(=O)Nc2ccc(C)c(Cl)c2)cc(Cl)c1OCC(N)=O. The van der Waals surface area contributed by atoms with E-state index in [1.165, 1.54) is 19.2 Å². The van der Waals surface area contributed by atoms with Crippen molar-refractivity contribution in [2.24, 2.45) is 5.73 Å². The van der Waals surface area contributed by atoms with Crippen molar-refractivity contribution in [3.63, 3.8) is 0 Å². The van der Waals surface area contributed by atoms with Crippen molar-refractivity contribution in [3.8, 4) is 11.5 Å². The molecule has 2 aromatic rings. The second kappa shape index (κ2) is 9.99. The predicted molar refractivity (Wildman–Crippen MR) is 108 cm³/mol. The van der Waals surface area contributed by atoms with Gasteiger partial charge in [-0.1, -0.05) is 29.3 Å². The molecule has 0 aromatic heterocycles. The maximum absolute atomic E-state index is 12.2. The lowest BCUT2D eigenvalue weighted by atomic mass is 10.2. The van der Waals surface area contributed by atoms with Gasteiger partial charge in [0.25, 0.3) is 11.8 Å². The van der Waals surface area contributed by atoms with Crippen LogP contribution in [0, 0.1) is 6.92 Å². The van der Waals surface area contributed by atoms with Crippen LogP contribution in [0.3, 0.4) is 0 Å². The Hall–Kier alpha value is -2.97. The summed E-state index contributed by atoms with van der Waals surface area (Å²) in [6.07, 6.45) is 0. The van der Waals surface area contributed by atoms with Gasteiger partial charge in [0.2, 0.25) is 0 Å². The fourth-order valence-electron chi connectivity index (χ4n) is 2.20. The second-order valence-electron chi connectivity index (χ2n) is 5.83. The highest BCUT2D eigenvalue weighted by molar-refractivity contribution is 6.32. The van der Waals surface area contributed by atoms with Crippen LogP contribution in [0.15, 0.2) is 30.3 Å². The number of nitrogens with two attached hydrogens (primary N) is 1. The van der Waals surface area contributed by atoms with Crippen LogP contribution in [0.4, 0.5) is 5.69 Å². The smallest absolute Gasteiger partial charge is 0.338 e. The molecule has 2 rings (SSSR count). The van der Waals surface area contributed by atoms with Crippen LogP contribution in [0.25, 0.3) is 0 Å². The van der Waals surface area contributed by atoms with Gasteiger partial charge in [-0.2, -0.15) is 0 Å². The van der Waals surface area contributed by atoms with Gasteiger partial charge >= 0.3 is 5.97 Å². The lowest BCUT2D eigenvalue weighted by molar-refractivity contribution is -0.120. The summed E-state index contributed by atoms with van der Waals surface area (Å²) < 4.78 is 15.3. The molecule has 0 saturated carbocycles. The van der Waals surface area contributed by atoms with Crippen molar-refractivity contribution in [3.05, 3.63) is 51.5 Å². The molecule has 2 aromatic carbocycles. The van der Waals surface area contributed by atoms with E-state index in [0.717, 1.165) is 5.56 Å². The number of rotatable bonds is 8. The Kier molecular flexibility index (Phi) is 7.69. The molecular formula is C19H18Cl2N2O6. The number of nitrogens with one attached hydrogen (secondary N) is 1. The number of aryl methyl sites for hydroxylation is 1. The highest BCUT2D eigenvalue weighted by Gasteiger charge is 2.18. The number of carbonyl (C=O) groups is 3. The van der Waals surface area contributed by atoms with Gasteiger partial charge in [-0.3, -0.25) is 9.59 Å². The minimum Gasteiger partial charge on any atom is -0.493 e. The molecule has 29 heavy (non-hydrogen) atoms. The largest absolute Gasteiger partial charge is 0.493 e. The Balaban J connectivity index is 2.02. The summed E-state index contributed by atoms with van der Waals surface area (Å²) in [7, 11) is 1.33. The molecule has 0 unspecified atom stereocenters. The Labute approximate surface area is 176 Å². The summed E-state index contributed by atoms with van der Waals surface area (Å²) in [5, 5.41) is 3.08. The van der Waals surface area contributed by atoms with E-state index in [-0.39, 0.29) is 22.1 Å². The van der Waals surface area contributed by atoms with Gasteiger partial charge < -0.3 is 25.3 Å². The summed E-state index contributed by atoms with van der Waals surface area (Å²) in [5.41, 5.74) is 6.40. The van der Waals surface area contributed by atoms with Crippen molar-refractivity contribution in [2.75, 3.05) is 25.6 Å². The van der Waals surface area contributed by atoms with E-state index in [2.05, 4.69) is 5.32 Å². The van der Waals surface area contributed by atoms with Gasteiger partial charge in [0, 0.05) is 10.7 Å². The standard InChI is InChI=1S/C19H18Cl2N2O6/c1-10-3-4-12(7-13(10)20)23-17(25)9-29-19(26)11-5-14(21)18(15(6-11)27-2)28-8-16(22)24/h3-7H,8-9H2,1-2H3,(H2,22,24)(H,23,25). The van der Waals surface area contributed by atoms with E-state index in [0.29, 0.717) is 10.7 Å². The molecule has 0 aliphatic carbocycles. The molecule has 0 radical (unpaired) electrons. The zero-order valence-corrected chi connectivity index (χ0v) is 17.1. The first-order chi connectivity index (χ1) is 13.7. The third kappa shape index (κ3) is 6.27. The lowest BCUT2D eigenvalue weighted by Gasteiger charge is -2.13. The zero-order chi connectivity index (χ0) is 21.6. The first-order valence-corrected chi connectivity index (χ1v) is 8.98. The maximum Gasteiger partial charge on any atom is 0.338 e. The predicted octanol–water partition coefficient (Wildman–Crippen LogP) is 2.97. The summed E-state index contributed by atoms with van der Waals surface area (Å²) in [5.74, 6) is -1.89. The van der Waals surface area contributed by atoms with Crippen LogP contribution in [0.1, 0.15) is 15.9 Å². The van der Waals surface area contributed by atoms with E-state index in [1.54, 1.807) is 18.2 Å². The number of esters is 1. The Morgan fingerprint density at radius 3 is 2.41 bits per heavy atom. The first kappa shape index (κ1) is 22.3. The van der Waals surface area contributed by atoms with Crippen molar-refractivity contribution in [1.29, 1.82) is 0 Å². The third-order valence-corrected chi connectivity index (χ3v) is 4.30. The molecule has 0 fully saturated rings. The molecule has 0 bridgehead atoms. The van der Waals surface area contributed by atoms with Crippen LogP contribution in [0.2, 0.25) is 10.0 Å². The average Bonchev–Trinajstić information content (AvgIpc) is 2.67. The van der Waals surface area contributed by atoms with Gasteiger partial charge in [-0.25, -0.2) is 4.79 Å². The van der Waals surface area contributed by atoms with Crippen LogP contribution in [-0.4, -0.2) is 38.1 Å². The molecular weight excluding hydrogens is 423 g/mol.